The lowest BCUT2D eigenvalue weighted by Crippen LogP contribution is -2.45. The standard InChI is InChI=1S/C33H34F3N5O3/c1-2-39-13-15-40(16-14-39)20-24-4-3-22(17-28(24)33(34,35)36)18-31(43)41-12-10-23-5-6-26(19-25(23)21-41)44-29-9-11-37-32-27(29)7-8-30(42)38-32/h3-9,11,17,19H,2,10,12-16,18,20-21H2,1H3,(H,37,38,42). The molecule has 0 bridgehead atoms. The number of pyridine rings is 2. The maximum absolute atomic E-state index is 14.1. The van der Waals surface area contributed by atoms with Crippen molar-refractivity contribution in [2.45, 2.75) is 39.0 Å². The minimum Gasteiger partial charge on any atom is -0.457 e. The van der Waals surface area contributed by atoms with Crippen molar-refractivity contribution in [3.05, 3.63) is 99.0 Å². The molecule has 2 aliphatic heterocycles. The van der Waals surface area contributed by atoms with Gasteiger partial charge in [-0.3, -0.25) is 14.5 Å². The second-order valence-electron chi connectivity index (χ2n) is 11.4. The van der Waals surface area contributed by atoms with E-state index >= 15 is 0 Å². The first kappa shape index (κ1) is 29.8. The molecule has 0 spiro atoms. The number of alkyl halides is 3. The Hall–Kier alpha value is -4.22. The summed E-state index contributed by atoms with van der Waals surface area (Å²) in [4.78, 5) is 37.9. The highest BCUT2D eigenvalue weighted by molar-refractivity contribution is 5.82. The highest BCUT2D eigenvalue weighted by Gasteiger charge is 2.34. The first-order chi connectivity index (χ1) is 21.2. The zero-order valence-corrected chi connectivity index (χ0v) is 24.5. The summed E-state index contributed by atoms with van der Waals surface area (Å²) in [5.41, 5.74) is 2.10. The van der Waals surface area contributed by atoms with Crippen molar-refractivity contribution >= 4 is 16.9 Å². The third kappa shape index (κ3) is 6.63. The van der Waals surface area contributed by atoms with Gasteiger partial charge in [0.25, 0.3) is 0 Å². The van der Waals surface area contributed by atoms with Crippen molar-refractivity contribution in [1.82, 2.24) is 24.7 Å². The number of carbonyl (C=O) groups excluding carboxylic acids is 1. The average Bonchev–Trinajstić information content (AvgIpc) is 3.01. The largest absolute Gasteiger partial charge is 0.457 e. The molecule has 2 aromatic heterocycles. The molecule has 11 heteroatoms. The number of carbonyl (C=O) groups is 1. The number of hydrogen-bond donors (Lipinski definition) is 1. The monoisotopic (exact) mass is 605 g/mol. The lowest BCUT2D eigenvalue weighted by Gasteiger charge is -2.34. The van der Waals surface area contributed by atoms with Gasteiger partial charge in [-0.1, -0.05) is 25.1 Å². The fourth-order valence-electron chi connectivity index (χ4n) is 5.99. The van der Waals surface area contributed by atoms with Crippen LogP contribution >= 0.6 is 0 Å². The van der Waals surface area contributed by atoms with E-state index in [0.717, 1.165) is 49.9 Å². The third-order valence-electron chi connectivity index (χ3n) is 8.50. The number of H-pyrrole nitrogens is 1. The number of piperazine rings is 1. The van der Waals surface area contributed by atoms with Gasteiger partial charge in [-0.2, -0.15) is 13.2 Å². The summed E-state index contributed by atoms with van der Waals surface area (Å²) in [7, 11) is 0. The minimum absolute atomic E-state index is 0.106. The number of halogens is 3. The molecule has 2 aliphatic rings. The number of amides is 1. The van der Waals surface area contributed by atoms with Crippen LogP contribution in [0.1, 0.15) is 34.7 Å². The van der Waals surface area contributed by atoms with Gasteiger partial charge in [0.2, 0.25) is 11.5 Å². The number of aromatic nitrogens is 2. The molecule has 1 fully saturated rings. The molecular weight excluding hydrogens is 571 g/mol. The van der Waals surface area contributed by atoms with Gasteiger partial charge in [-0.25, -0.2) is 4.98 Å². The molecule has 0 atom stereocenters. The maximum atomic E-state index is 14.1. The SMILES string of the molecule is CCN1CCN(Cc2ccc(CC(=O)N3CCc4ccc(Oc5ccnc6[nH]c(=O)ccc56)cc4C3)cc2C(F)(F)F)CC1. The van der Waals surface area contributed by atoms with E-state index in [1.54, 1.807) is 29.3 Å². The third-order valence-corrected chi connectivity index (χ3v) is 8.50. The number of rotatable bonds is 7. The van der Waals surface area contributed by atoms with Gasteiger partial charge in [0, 0.05) is 58.1 Å². The van der Waals surface area contributed by atoms with Crippen LogP contribution in [-0.4, -0.2) is 69.8 Å². The summed E-state index contributed by atoms with van der Waals surface area (Å²) >= 11 is 0. The van der Waals surface area contributed by atoms with Gasteiger partial charge in [-0.15, -0.1) is 0 Å². The average molecular weight is 606 g/mol. The summed E-state index contributed by atoms with van der Waals surface area (Å²) < 4.78 is 48.4. The van der Waals surface area contributed by atoms with Gasteiger partial charge >= 0.3 is 6.18 Å². The molecule has 8 nitrogen and oxygen atoms in total. The Bertz CT molecular complexity index is 1730. The van der Waals surface area contributed by atoms with E-state index in [9.17, 15) is 22.8 Å². The second kappa shape index (κ2) is 12.4. The van der Waals surface area contributed by atoms with Crippen LogP contribution in [-0.2, 0) is 36.9 Å². The summed E-state index contributed by atoms with van der Waals surface area (Å²) in [6, 6.07) is 14.8. The van der Waals surface area contributed by atoms with Crippen LogP contribution in [0, 0.1) is 0 Å². The molecule has 0 unspecified atom stereocenters. The van der Waals surface area contributed by atoms with Crippen LogP contribution in [0.25, 0.3) is 11.0 Å². The minimum atomic E-state index is -4.50. The summed E-state index contributed by atoms with van der Waals surface area (Å²) in [6.07, 6.45) is -2.42. The predicted molar refractivity (Wildman–Crippen MR) is 161 cm³/mol. The van der Waals surface area contributed by atoms with Crippen LogP contribution in [0.15, 0.2) is 65.6 Å². The van der Waals surface area contributed by atoms with Crippen molar-refractivity contribution in [2.24, 2.45) is 0 Å². The van der Waals surface area contributed by atoms with Gasteiger partial charge in [0.15, 0.2) is 0 Å². The quantitative estimate of drug-likeness (QED) is 0.320. The number of aromatic amines is 1. The van der Waals surface area contributed by atoms with E-state index in [-0.39, 0.29) is 30.0 Å². The molecule has 0 aliphatic carbocycles. The van der Waals surface area contributed by atoms with Crippen LogP contribution in [0.3, 0.4) is 0 Å². The number of nitrogens with zero attached hydrogens (tertiary/aromatic N) is 4. The molecule has 0 radical (unpaired) electrons. The van der Waals surface area contributed by atoms with Crippen LogP contribution < -0.4 is 10.3 Å². The Labute approximate surface area is 253 Å². The topological polar surface area (TPSA) is 81.8 Å². The second-order valence-corrected chi connectivity index (χ2v) is 11.4. The number of nitrogens with one attached hydrogen (secondary N) is 1. The fraction of sp³-hybridized carbons (Fsp3) is 0.364. The highest BCUT2D eigenvalue weighted by Crippen LogP contribution is 2.34. The Morgan fingerprint density at radius 1 is 0.955 bits per heavy atom. The molecule has 6 rings (SSSR count). The lowest BCUT2D eigenvalue weighted by atomic mass is 9.97. The zero-order chi connectivity index (χ0) is 30.8. The molecule has 1 saturated heterocycles. The Morgan fingerprint density at radius 2 is 1.75 bits per heavy atom. The maximum Gasteiger partial charge on any atom is 0.416 e. The molecule has 1 N–H and O–H groups in total. The Kier molecular flexibility index (Phi) is 8.42. The molecule has 0 saturated carbocycles. The normalized spacial score (nSPS) is 16.2. The van der Waals surface area contributed by atoms with E-state index in [2.05, 4.69) is 26.7 Å². The Morgan fingerprint density at radius 3 is 2.52 bits per heavy atom. The van der Waals surface area contributed by atoms with E-state index in [4.69, 9.17) is 4.74 Å². The van der Waals surface area contributed by atoms with Gasteiger partial charge < -0.3 is 19.5 Å². The summed E-state index contributed by atoms with van der Waals surface area (Å²) in [5.74, 6) is 0.878. The first-order valence-corrected chi connectivity index (χ1v) is 14.9. The summed E-state index contributed by atoms with van der Waals surface area (Å²) in [5, 5.41) is 0.657. The van der Waals surface area contributed by atoms with Gasteiger partial charge in [-0.05, 0) is 65.6 Å². The van der Waals surface area contributed by atoms with E-state index in [1.165, 1.54) is 12.1 Å². The van der Waals surface area contributed by atoms with Crippen molar-refractivity contribution in [3.8, 4) is 11.5 Å². The first-order valence-electron chi connectivity index (χ1n) is 14.9. The van der Waals surface area contributed by atoms with Crippen molar-refractivity contribution in [3.63, 3.8) is 0 Å². The smallest absolute Gasteiger partial charge is 0.416 e. The molecular formula is C33H34F3N5O3. The number of ether oxygens (including phenoxy) is 1. The number of likely N-dealkylation sites (N-methyl/N-ethyl adjacent to an activating group) is 1. The zero-order valence-electron chi connectivity index (χ0n) is 24.5. The fourth-order valence-corrected chi connectivity index (χ4v) is 5.99. The molecule has 44 heavy (non-hydrogen) atoms. The molecule has 4 aromatic rings. The van der Waals surface area contributed by atoms with E-state index < -0.39 is 11.7 Å². The number of benzene rings is 2. The number of fused-ring (bicyclic) bond motifs is 2. The van der Waals surface area contributed by atoms with Crippen molar-refractivity contribution < 1.29 is 22.7 Å². The molecule has 230 valence electrons. The van der Waals surface area contributed by atoms with Gasteiger partial charge in [0.1, 0.15) is 17.1 Å². The van der Waals surface area contributed by atoms with Crippen LogP contribution in [0.5, 0.6) is 11.5 Å². The molecule has 4 heterocycles. The lowest BCUT2D eigenvalue weighted by molar-refractivity contribution is -0.138. The van der Waals surface area contributed by atoms with E-state index in [0.29, 0.717) is 47.6 Å². The van der Waals surface area contributed by atoms with Crippen LogP contribution in [0.4, 0.5) is 13.2 Å². The van der Waals surface area contributed by atoms with Crippen molar-refractivity contribution in [2.75, 3.05) is 39.3 Å². The van der Waals surface area contributed by atoms with E-state index in [1.807, 2.05) is 18.2 Å². The van der Waals surface area contributed by atoms with Crippen molar-refractivity contribution in [1.29, 1.82) is 0 Å². The molecule has 2 aromatic carbocycles. The highest BCUT2D eigenvalue weighted by atomic mass is 19.4. The Balaban J connectivity index is 1.14. The van der Waals surface area contributed by atoms with Gasteiger partial charge in [0.05, 0.1) is 17.4 Å². The summed E-state index contributed by atoms with van der Waals surface area (Å²) in [6.45, 7) is 7.24. The number of hydrogen-bond acceptors (Lipinski definition) is 6. The molecule has 1 amide bonds. The predicted octanol–water partition coefficient (Wildman–Crippen LogP) is 5.00. The van der Waals surface area contributed by atoms with Crippen LogP contribution in [0.2, 0.25) is 0 Å².